The van der Waals surface area contributed by atoms with Crippen molar-refractivity contribution in [1.82, 2.24) is 9.97 Å². The highest BCUT2D eigenvalue weighted by Crippen LogP contribution is 2.23. The number of rotatable bonds is 0. The predicted octanol–water partition coefficient (Wildman–Crippen LogP) is 1.60. The van der Waals surface area contributed by atoms with Gasteiger partial charge in [-0.1, -0.05) is 20.8 Å². The quantitative estimate of drug-likeness (QED) is 0.594. The smallest absolute Gasteiger partial charge is 0.197 e. The molecule has 1 aromatic rings. The van der Waals surface area contributed by atoms with Gasteiger partial charge in [0.05, 0.1) is 5.69 Å². The van der Waals surface area contributed by atoms with Gasteiger partial charge in [-0.05, 0) is 6.92 Å². The largest absolute Gasteiger partial charge is 0.369 e. The van der Waals surface area contributed by atoms with Gasteiger partial charge in [-0.2, -0.15) is 0 Å². The Balaban J connectivity index is 3.13. The van der Waals surface area contributed by atoms with Gasteiger partial charge in [0.1, 0.15) is 0 Å². The predicted molar refractivity (Wildman–Crippen MR) is 46.4 cm³/mol. The fourth-order valence-corrected chi connectivity index (χ4v) is 1.21. The lowest BCUT2D eigenvalue weighted by molar-refractivity contribution is 0.568. The SMILES string of the molecule is Cc1[nH]c(N)nc1C(C)(C)C. The number of nitrogens with one attached hydrogen (secondary N) is 1. The molecule has 3 heteroatoms. The van der Waals surface area contributed by atoms with E-state index in [-0.39, 0.29) is 5.41 Å². The van der Waals surface area contributed by atoms with Gasteiger partial charge < -0.3 is 10.7 Å². The summed E-state index contributed by atoms with van der Waals surface area (Å²) in [6.45, 7) is 8.35. The molecule has 0 fully saturated rings. The maximum atomic E-state index is 5.51. The number of aromatic nitrogens is 2. The number of H-pyrrole nitrogens is 1. The van der Waals surface area contributed by atoms with E-state index >= 15 is 0 Å². The second-order valence-corrected chi connectivity index (χ2v) is 3.85. The number of imidazole rings is 1. The first-order chi connectivity index (χ1) is 4.91. The van der Waals surface area contributed by atoms with Crippen LogP contribution < -0.4 is 5.73 Å². The van der Waals surface area contributed by atoms with Crippen molar-refractivity contribution in [3.05, 3.63) is 11.4 Å². The van der Waals surface area contributed by atoms with Crippen LogP contribution in [0.2, 0.25) is 0 Å². The molecule has 62 valence electrons. The van der Waals surface area contributed by atoms with Gasteiger partial charge in [0.2, 0.25) is 0 Å². The van der Waals surface area contributed by atoms with Crippen molar-refractivity contribution < 1.29 is 0 Å². The normalized spacial score (nSPS) is 12.0. The third-order valence-electron chi connectivity index (χ3n) is 1.61. The number of aryl methyl sites for hydroxylation is 1. The maximum absolute atomic E-state index is 5.51. The summed E-state index contributed by atoms with van der Waals surface area (Å²) < 4.78 is 0. The fraction of sp³-hybridized carbons (Fsp3) is 0.625. The molecule has 0 radical (unpaired) electrons. The summed E-state index contributed by atoms with van der Waals surface area (Å²) in [5.41, 5.74) is 7.71. The highest BCUT2D eigenvalue weighted by atomic mass is 15.0. The molecule has 0 spiro atoms. The second kappa shape index (κ2) is 2.26. The lowest BCUT2D eigenvalue weighted by atomic mass is 9.91. The van der Waals surface area contributed by atoms with Crippen LogP contribution in [0.25, 0.3) is 0 Å². The summed E-state index contributed by atoms with van der Waals surface area (Å²) in [5.74, 6) is 0.507. The van der Waals surface area contributed by atoms with E-state index in [1.54, 1.807) is 0 Å². The molecule has 0 amide bonds. The van der Waals surface area contributed by atoms with Crippen LogP contribution in [0.15, 0.2) is 0 Å². The molecule has 11 heavy (non-hydrogen) atoms. The van der Waals surface area contributed by atoms with Crippen LogP contribution in [0.1, 0.15) is 32.2 Å². The fourth-order valence-electron chi connectivity index (χ4n) is 1.21. The average molecular weight is 153 g/mol. The van der Waals surface area contributed by atoms with E-state index in [0.717, 1.165) is 11.4 Å². The molecular formula is C8H15N3. The van der Waals surface area contributed by atoms with Gasteiger partial charge in [0.25, 0.3) is 0 Å². The van der Waals surface area contributed by atoms with Crippen molar-refractivity contribution in [2.75, 3.05) is 5.73 Å². The number of aromatic amines is 1. The lowest BCUT2D eigenvalue weighted by Gasteiger charge is -2.15. The van der Waals surface area contributed by atoms with E-state index in [0.29, 0.717) is 5.95 Å². The molecule has 0 aliphatic rings. The molecule has 3 nitrogen and oxygen atoms in total. The summed E-state index contributed by atoms with van der Waals surface area (Å²) in [5, 5.41) is 0. The summed E-state index contributed by atoms with van der Waals surface area (Å²) >= 11 is 0. The minimum atomic E-state index is 0.0816. The van der Waals surface area contributed by atoms with Crippen molar-refractivity contribution >= 4 is 5.95 Å². The first-order valence-electron chi connectivity index (χ1n) is 3.74. The van der Waals surface area contributed by atoms with Gasteiger partial charge in [-0.15, -0.1) is 0 Å². The van der Waals surface area contributed by atoms with Gasteiger partial charge in [0.15, 0.2) is 5.95 Å². The molecule has 1 rings (SSSR count). The van der Waals surface area contributed by atoms with E-state index < -0.39 is 0 Å². The Hall–Kier alpha value is -0.990. The molecule has 0 saturated carbocycles. The molecule has 1 heterocycles. The van der Waals surface area contributed by atoms with Crippen LogP contribution >= 0.6 is 0 Å². The highest BCUT2D eigenvalue weighted by molar-refractivity contribution is 5.29. The summed E-state index contributed by atoms with van der Waals surface area (Å²) in [6.07, 6.45) is 0. The maximum Gasteiger partial charge on any atom is 0.197 e. The van der Waals surface area contributed by atoms with Crippen LogP contribution in [0.5, 0.6) is 0 Å². The number of nitrogen functional groups attached to an aromatic ring is 1. The molecule has 0 aliphatic heterocycles. The zero-order valence-corrected chi connectivity index (χ0v) is 7.52. The van der Waals surface area contributed by atoms with E-state index in [4.69, 9.17) is 5.73 Å². The minimum absolute atomic E-state index is 0.0816. The number of anilines is 1. The Kier molecular flexibility index (Phi) is 1.66. The van der Waals surface area contributed by atoms with Gasteiger partial charge in [-0.25, -0.2) is 4.98 Å². The van der Waals surface area contributed by atoms with E-state index in [1.807, 2.05) is 6.92 Å². The van der Waals surface area contributed by atoms with Crippen molar-refractivity contribution in [2.45, 2.75) is 33.1 Å². The number of nitrogens with zero attached hydrogens (tertiary/aromatic N) is 1. The Morgan fingerprint density at radius 2 is 1.91 bits per heavy atom. The third kappa shape index (κ3) is 1.53. The summed E-state index contributed by atoms with van der Waals surface area (Å²) in [7, 11) is 0. The molecule has 0 bridgehead atoms. The second-order valence-electron chi connectivity index (χ2n) is 3.85. The molecular weight excluding hydrogens is 138 g/mol. The van der Waals surface area contributed by atoms with Crippen molar-refractivity contribution in [3.8, 4) is 0 Å². The van der Waals surface area contributed by atoms with E-state index in [2.05, 4.69) is 30.7 Å². The Morgan fingerprint density at radius 3 is 2.09 bits per heavy atom. The molecule has 0 saturated heterocycles. The van der Waals surface area contributed by atoms with Gasteiger partial charge >= 0.3 is 0 Å². The lowest BCUT2D eigenvalue weighted by Crippen LogP contribution is -2.13. The van der Waals surface area contributed by atoms with Crippen LogP contribution in [-0.2, 0) is 5.41 Å². The van der Waals surface area contributed by atoms with Crippen LogP contribution in [0.4, 0.5) is 5.95 Å². The van der Waals surface area contributed by atoms with Crippen LogP contribution in [-0.4, -0.2) is 9.97 Å². The third-order valence-corrected chi connectivity index (χ3v) is 1.61. The standard InChI is InChI=1S/C8H15N3/c1-5-6(8(2,3)4)11-7(9)10-5/h1-4H3,(H3,9,10,11). The molecule has 3 N–H and O–H groups in total. The Bertz CT molecular complexity index is 255. The summed E-state index contributed by atoms with van der Waals surface area (Å²) in [6, 6.07) is 0. The Labute approximate surface area is 67.0 Å². The molecule has 0 unspecified atom stereocenters. The number of nitrogens with two attached hydrogens (primary N) is 1. The molecule has 0 atom stereocenters. The highest BCUT2D eigenvalue weighted by Gasteiger charge is 2.19. The number of hydrogen-bond acceptors (Lipinski definition) is 2. The first-order valence-corrected chi connectivity index (χ1v) is 3.74. The zero-order chi connectivity index (χ0) is 8.65. The topological polar surface area (TPSA) is 54.7 Å². The Morgan fingerprint density at radius 1 is 1.36 bits per heavy atom. The van der Waals surface area contributed by atoms with Crippen LogP contribution in [0, 0.1) is 6.92 Å². The van der Waals surface area contributed by atoms with Crippen molar-refractivity contribution in [3.63, 3.8) is 0 Å². The van der Waals surface area contributed by atoms with Gasteiger partial charge in [-0.3, -0.25) is 0 Å². The van der Waals surface area contributed by atoms with Crippen LogP contribution in [0.3, 0.4) is 0 Å². The number of hydrogen-bond donors (Lipinski definition) is 2. The summed E-state index contributed by atoms with van der Waals surface area (Å²) in [4.78, 5) is 7.18. The first kappa shape index (κ1) is 8.11. The molecule has 0 aliphatic carbocycles. The van der Waals surface area contributed by atoms with Crippen molar-refractivity contribution in [1.29, 1.82) is 0 Å². The molecule has 0 aromatic carbocycles. The molecule has 1 aromatic heterocycles. The minimum Gasteiger partial charge on any atom is -0.369 e. The van der Waals surface area contributed by atoms with Gasteiger partial charge in [0, 0.05) is 11.1 Å². The zero-order valence-electron chi connectivity index (χ0n) is 7.52. The monoisotopic (exact) mass is 153 g/mol. The average Bonchev–Trinajstić information content (AvgIpc) is 2.08. The van der Waals surface area contributed by atoms with E-state index in [1.165, 1.54) is 0 Å². The van der Waals surface area contributed by atoms with Crippen molar-refractivity contribution in [2.24, 2.45) is 0 Å². The van der Waals surface area contributed by atoms with E-state index in [9.17, 15) is 0 Å².